The largest absolute Gasteiger partial charge is 0.744 e. The predicted molar refractivity (Wildman–Crippen MR) is 162 cm³/mol. The minimum atomic E-state index is -4.86. The molecule has 14 nitrogen and oxygen atoms in total. The molecule has 0 amide bonds. The number of hydrogen-bond acceptors (Lipinski definition) is 14. The van der Waals surface area contributed by atoms with Crippen LogP contribution in [0.25, 0.3) is 21.5 Å². The van der Waals surface area contributed by atoms with Crippen LogP contribution in [0.2, 0.25) is 0 Å². The van der Waals surface area contributed by atoms with Crippen molar-refractivity contribution in [2.75, 3.05) is 19.5 Å². The molecular weight excluding hydrogens is 626 g/mol. The molecule has 0 bridgehead atoms. The van der Waals surface area contributed by atoms with Gasteiger partial charge in [-0.05, 0) is 54.8 Å². The van der Waals surface area contributed by atoms with Crippen LogP contribution in [-0.2, 0) is 20.2 Å². The van der Waals surface area contributed by atoms with Gasteiger partial charge >= 0.3 is 0 Å². The van der Waals surface area contributed by atoms with Crippen molar-refractivity contribution in [3.8, 4) is 17.2 Å². The van der Waals surface area contributed by atoms with Crippen LogP contribution in [0.4, 0.5) is 28.4 Å². The van der Waals surface area contributed by atoms with Gasteiger partial charge in [-0.15, -0.1) is 15.3 Å². The van der Waals surface area contributed by atoms with E-state index in [1.54, 1.807) is 25.1 Å². The van der Waals surface area contributed by atoms with Gasteiger partial charge in [0.25, 0.3) is 0 Å². The molecule has 3 N–H and O–H groups in total. The minimum absolute atomic E-state index is 0.0437. The van der Waals surface area contributed by atoms with E-state index < -0.39 is 30.0 Å². The van der Waals surface area contributed by atoms with Crippen molar-refractivity contribution in [2.45, 2.75) is 16.7 Å². The van der Waals surface area contributed by atoms with E-state index in [9.17, 15) is 31.0 Å². The molecule has 0 heterocycles. The molecule has 5 aromatic carbocycles. The number of benzene rings is 5. The van der Waals surface area contributed by atoms with Crippen LogP contribution in [0.15, 0.2) is 103 Å². The van der Waals surface area contributed by atoms with Crippen molar-refractivity contribution in [3.63, 3.8) is 0 Å². The molecule has 5 rings (SSSR count). The number of phenols is 1. The zero-order valence-electron chi connectivity index (χ0n) is 23.5. The number of anilines is 1. The van der Waals surface area contributed by atoms with Crippen molar-refractivity contribution < 1.29 is 40.5 Å². The fraction of sp³-hybridized carbons (Fsp3) is 0.103. The van der Waals surface area contributed by atoms with E-state index in [0.717, 1.165) is 24.3 Å². The molecule has 45 heavy (non-hydrogen) atoms. The minimum Gasteiger partial charge on any atom is -0.744 e. The number of nitrogens with zero attached hydrogens (tertiary/aromatic N) is 4. The highest BCUT2D eigenvalue weighted by Crippen LogP contribution is 2.45. The summed E-state index contributed by atoms with van der Waals surface area (Å²) in [7, 11) is -8.15. The van der Waals surface area contributed by atoms with Crippen LogP contribution in [0.5, 0.6) is 17.2 Å². The zero-order valence-corrected chi connectivity index (χ0v) is 25.2. The van der Waals surface area contributed by atoms with Crippen LogP contribution >= 0.6 is 0 Å². The molecule has 0 atom stereocenters. The van der Waals surface area contributed by atoms with E-state index in [2.05, 4.69) is 20.5 Å². The molecule has 0 aliphatic carbocycles. The Balaban J connectivity index is 1.71. The Morgan fingerprint density at radius 3 is 2.07 bits per heavy atom. The highest BCUT2D eigenvalue weighted by molar-refractivity contribution is 7.86. The van der Waals surface area contributed by atoms with Gasteiger partial charge in [0.1, 0.15) is 48.9 Å². The highest BCUT2D eigenvalue weighted by atomic mass is 32.2. The molecule has 0 radical (unpaired) electrons. The van der Waals surface area contributed by atoms with Gasteiger partial charge in [-0.25, -0.2) is 16.8 Å². The lowest BCUT2D eigenvalue weighted by atomic mass is 10.1. The van der Waals surface area contributed by atoms with Crippen LogP contribution in [0.1, 0.15) is 6.92 Å². The summed E-state index contributed by atoms with van der Waals surface area (Å²) in [5, 5.41) is 28.7. The number of azo groups is 2. The van der Waals surface area contributed by atoms with E-state index in [1.165, 1.54) is 37.4 Å². The van der Waals surface area contributed by atoms with Gasteiger partial charge in [-0.1, -0.05) is 18.2 Å². The molecular formula is C29H23N5O9S2-2. The average molecular weight is 650 g/mol. The second-order valence-corrected chi connectivity index (χ2v) is 12.2. The van der Waals surface area contributed by atoms with Gasteiger partial charge in [0, 0.05) is 28.3 Å². The average Bonchev–Trinajstić information content (AvgIpc) is 2.99. The van der Waals surface area contributed by atoms with Crippen LogP contribution < -0.4 is 15.2 Å². The van der Waals surface area contributed by atoms with Gasteiger partial charge in [0.2, 0.25) is 0 Å². The summed E-state index contributed by atoms with van der Waals surface area (Å²) in [4.78, 5) is -0.983. The SMILES string of the molecule is CCOc1cc(N=Nc2ccc(N)c(OC)c2)c2cc(S(=O)(=O)[O-])ccc2c1N=Nc1c(O)ccc2cc(S(=O)(=O)[O-])ccc12. The van der Waals surface area contributed by atoms with Gasteiger partial charge in [-0.2, -0.15) is 5.11 Å². The maximum absolute atomic E-state index is 11.9. The predicted octanol–water partition coefficient (Wildman–Crippen LogP) is 6.33. The number of phenolic OH excluding ortho intramolecular Hbond substituents is 1. The van der Waals surface area contributed by atoms with Crippen LogP contribution in [0.3, 0.4) is 0 Å². The molecule has 16 heteroatoms. The second kappa shape index (κ2) is 12.1. The Labute approximate surface area is 257 Å². The second-order valence-electron chi connectivity index (χ2n) is 9.43. The number of ether oxygens (including phenoxy) is 2. The molecule has 0 fully saturated rings. The summed E-state index contributed by atoms with van der Waals surface area (Å²) < 4.78 is 81.2. The smallest absolute Gasteiger partial charge is 0.149 e. The summed E-state index contributed by atoms with van der Waals surface area (Å²) in [6, 6.07) is 16.0. The Kier molecular flexibility index (Phi) is 8.40. The number of rotatable bonds is 9. The molecule has 0 aliphatic heterocycles. The number of nitrogen functional groups attached to an aromatic ring is 1. The summed E-state index contributed by atoms with van der Waals surface area (Å²) in [6.45, 7) is 1.90. The van der Waals surface area contributed by atoms with E-state index in [-0.39, 0.29) is 51.3 Å². The van der Waals surface area contributed by atoms with Crippen molar-refractivity contribution in [2.24, 2.45) is 20.5 Å². The molecule has 232 valence electrons. The molecule has 0 spiro atoms. The quantitative estimate of drug-likeness (QED) is 0.102. The normalized spacial score (nSPS) is 12.4. The fourth-order valence-corrected chi connectivity index (χ4v) is 5.47. The Morgan fingerprint density at radius 2 is 1.40 bits per heavy atom. The van der Waals surface area contributed by atoms with E-state index in [0.29, 0.717) is 22.5 Å². The third-order valence-electron chi connectivity index (χ3n) is 6.58. The van der Waals surface area contributed by atoms with Crippen molar-refractivity contribution in [1.82, 2.24) is 0 Å². The number of aromatic hydroxyl groups is 1. The highest BCUT2D eigenvalue weighted by Gasteiger charge is 2.17. The van der Waals surface area contributed by atoms with Gasteiger partial charge in [-0.3, -0.25) is 0 Å². The van der Waals surface area contributed by atoms with E-state index >= 15 is 0 Å². The number of nitrogens with two attached hydrogens (primary N) is 1. The van der Waals surface area contributed by atoms with E-state index in [4.69, 9.17) is 15.2 Å². The Hall–Kier alpha value is -5.16. The fourth-order valence-electron chi connectivity index (χ4n) is 4.47. The van der Waals surface area contributed by atoms with Crippen LogP contribution in [-0.4, -0.2) is 44.8 Å². The molecule has 0 aliphatic rings. The number of hydrogen-bond donors (Lipinski definition) is 2. The molecule has 0 aromatic heterocycles. The van der Waals surface area contributed by atoms with Crippen molar-refractivity contribution >= 4 is 70.2 Å². The van der Waals surface area contributed by atoms with E-state index in [1.807, 2.05) is 0 Å². The maximum atomic E-state index is 11.9. The van der Waals surface area contributed by atoms with Gasteiger partial charge in [0.15, 0.2) is 0 Å². The standard InChI is InChI=1S/C29H25N5O9S2/c1-3-43-27-15-24(32-31-17-5-10-23(30)26(13-17)42-2)22-14-19(45(39,40)41)7-9-21(22)29(27)34-33-28-20-8-6-18(44(36,37)38)12-16(20)4-11-25(28)35/h4-15,35H,3,30H2,1-2H3,(H,36,37,38)(H,39,40,41)/p-2. The third-order valence-corrected chi connectivity index (χ3v) is 8.24. The topological polar surface area (TPSA) is 229 Å². The zero-order chi connectivity index (χ0) is 32.5. The Morgan fingerprint density at radius 1 is 0.733 bits per heavy atom. The van der Waals surface area contributed by atoms with Gasteiger partial charge in [0.05, 0.1) is 40.6 Å². The molecule has 5 aromatic rings. The number of fused-ring (bicyclic) bond motifs is 2. The summed E-state index contributed by atoms with van der Waals surface area (Å²) in [5.74, 6) is 0.231. The molecule has 0 saturated carbocycles. The lowest BCUT2D eigenvalue weighted by molar-refractivity contribution is 0.342. The monoisotopic (exact) mass is 649 g/mol. The first-order chi connectivity index (χ1) is 21.3. The lowest BCUT2D eigenvalue weighted by Gasteiger charge is -2.14. The molecule has 0 saturated heterocycles. The van der Waals surface area contributed by atoms with Gasteiger partial charge < -0.3 is 29.4 Å². The summed E-state index contributed by atoms with van der Waals surface area (Å²) in [6.07, 6.45) is 0. The first kappa shape index (κ1) is 31.3. The Bertz CT molecular complexity index is 2250. The summed E-state index contributed by atoms with van der Waals surface area (Å²) >= 11 is 0. The maximum Gasteiger partial charge on any atom is 0.149 e. The molecule has 0 unspecified atom stereocenters. The first-order valence-corrected chi connectivity index (χ1v) is 15.8. The summed E-state index contributed by atoms with van der Waals surface area (Å²) in [5.41, 5.74) is 6.81. The first-order valence-electron chi connectivity index (χ1n) is 13.0. The van der Waals surface area contributed by atoms with Crippen molar-refractivity contribution in [1.29, 1.82) is 0 Å². The van der Waals surface area contributed by atoms with Crippen molar-refractivity contribution in [3.05, 3.63) is 72.8 Å². The van der Waals surface area contributed by atoms with Crippen LogP contribution in [0, 0.1) is 0 Å². The number of methoxy groups -OCH3 is 1. The lowest BCUT2D eigenvalue weighted by Crippen LogP contribution is -1.98. The third kappa shape index (κ3) is 6.53.